The fourth-order valence-corrected chi connectivity index (χ4v) is 6.99. The number of nitrogens with zero attached hydrogens (tertiary/aromatic N) is 2. The summed E-state index contributed by atoms with van der Waals surface area (Å²) in [5, 5.41) is 12.6. The molecule has 4 saturated carbocycles. The second-order valence-electron chi connectivity index (χ2n) is 10.8. The summed E-state index contributed by atoms with van der Waals surface area (Å²) < 4.78 is 10.6. The first-order valence-corrected chi connectivity index (χ1v) is 12.0. The highest BCUT2D eigenvalue weighted by atomic mass is 16.7. The van der Waals surface area contributed by atoms with E-state index in [1.54, 1.807) is 17.0 Å². The number of carbonyl (C=O) groups is 3. The number of carboxylic acid groups (broad SMARTS) is 1. The van der Waals surface area contributed by atoms with Crippen LogP contribution < -0.4 is 5.32 Å². The van der Waals surface area contributed by atoms with E-state index in [2.05, 4.69) is 10.2 Å². The minimum absolute atomic E-state index is 0.000937. The maximum Gasteiger partial charge on any atom is 0.506 e. The molecule has 9 nitrogen and oxygen atoms in total. The molecule has 0 spiro atoms. The van der Waals surface area contributed by atoms with Gasteiger partial charge in [-0.2, -0.15) is 0 Å². The average molecular weight is 460 g/mol. The van der Waals surface area contributed by atoms with Gasteiger partial charge in [0.1, 0.15) is 5.60 Å². The Balaban J connectivity index is 1.20. The van der Waals surface area contributed by atoms with Crippen LogP contribution in [-0.4, -0.2) is 76.2 Å². The van der Waals surface area contributed by atoms with Crippen molar-refractivity contribution in [3.05, 3.63) is 24.2 Å². The zero-order chi connectivity index (χ0) is 23.4. The second kappa shape index (κ2) is 8.04. The molecule has 0 aromatic carbocycles. The van der Waals surface area contributed by atoms with Gasteiger partial charge in [-0.05, 0) is 75.8 Å². The van der Waals surface area contributed by atoms with Gasteiger partial charge in [-0.15, -0.1) is 0 Å². The summed E-state index contributed by atoms with van der Waals surface area (Å²) in [7, 11) is 0. The fraction of sp³-hybridized carbons (Fsp3) is 0.708. The van der Waals surface area contributed by atoms with Crippen LogP contribution in [0.25, 0.3) is 0 Å². The first kappa shape index (κ1) is 22.3. The fourth-order valence-electron chi connectivity index (χ4n) is 6.99. The van der Waals surface area contributed by atoms with Gasteiger partial charge in [-0.25, -0.2) is 4.79 Å². The van der Waals surface area contributed by atoms with Crippen LogP contribution in [0.2, 0.25) is 0 Å². The molecule has 5 aliphatic rings. The van der Waals surface area contributed by atoms with Crippen LogP contribution in [0, 0.1) is 17.8 Å². The standard InChI is InChI=1S/C24H33N3O6/c1-23(2,27-7-5-26(6-8-27)20(28)18-4-3-9-32-18)21(29)25-19-16-10-15-11-17(19)14-24(12-15,13-16)33-22(30)31/h3-4,9,15-17,19H,5-8,10-14H2,1-2H3,(H,25,29)(H,30,31). The number of rotatable bonds is 5. The molecule has 4 bridgehead atoms. The number of hydrogen-bond donors (Lipinski definition) is 2. The smallest absolute Gasteiger partial charge is 0.459 e. The van der Waals surface area contributed by atoms with Crippen molar-refractivity contribution in [3.63, 3.8) is 0 Å². The zero-order valence-corrected chi connectivity index (χ0v) is 19.3. The van der Waals surface area contributed by atoms with Gasteiger partial charge < -0.3 is 24.5 Å². The van der Waals surface area contributed by atoms with Crippen LogP contribution in [0.3, 0.4) is 0 Å². The Bertz CT molecular complexity index is 905. The molecule has 1 aromatic rings. The Hall–Kier alpha value is -2.55. The second-order valence-corrected chi connectivity index (χ2v) is 10.8. The minimum Gasteiger partial charge on any atom is -0.459 e. The molecule has 4 aliphatic carbocycles. The Morgan fingerprint density at radius 2 is 1.79 bits per heavy atom. The summed E-state index contributed by atoms with van der Waals surface area (Å²) in [4.78, 5) is 41.1. The third kappa shape index (κ3) is 4.00. The Morgan fingerprint density at radius 3 is 2.36 bits per heavy atom. The van der Waals surface area contributed by atoms with Gasteiger partial charge in [-0.1, -0.05) is 0 Å². The van der Waals surface area contributed by atoms with Crippen LogP contribution in [0.5, 0.6) is 0 Å². The van der Waals surface area contributed by atoms with Crippen molar-refractivity contribution in [2.24, 2.45) is 17.8 Å². The first-order chi connectivity index (χ1) is 15.7. The monoisotopic (exact) mass is 459 g/mol. The molecule has 0 radical (unpaired) electrons. The summed E-state index contributed by atoms with van der Waals surface area (Å²) >= 11 is 0. The first-order valence-electron chi connectivity index (χ1n) is 12.0. The Labute approximate surface area is 193 Å². The van der Waals surface area contributed by atoms with Gasteiger partial charge >= 0.3 is 6.16 Å². The molecule has 2 atom stereocenters. The number of amides is 2. The lowest BCUT2D eigenvalue weighted by Gasteiger charge is -2.59. The lowest BCUT2D eigenvalue weighted by Crippen LogP contribution is -2.66. The Morgan fingerprint density at radius 1 is 1.12 bits per heavy atom. The van der Waals surface area contributed by atoms with E-state index < -0.39 is 17.3 Å². The zero-order valence-electron chi connectivity index (χ0n) is 19.3. The molecule has 2 heterocycles. The van der Waals surface area contributed by atoms with Crippen molar-refractivity contribution in [2.75, 3.05) is 26.2 Å². The number of hydrogen-bond acceptors (Lipinski definition) is 6. The van der Waals surface area contributed by atoms with Gasteiger partial charge in [0.05, 0.1) is 11.8 Å². The molecular formula is C24H33N3O6. The molecule has 2 N–H and O–H groups in total. The summed E-state index contributed by atoms with van der Waals surface area (Å²) in [5.74, 6) is 1.23. The predicted octanol–water partition coefficient (Wildman–Crippen LogP) is 2.57. The van der Waals surface area contributed by atoms with Crippen LogP contribution in [-0.2, 0) is 9.53 Å². The average Bonchev–Trinajstić information content (AvgIpc) is 3.29. The highest BCUT2D eigenvalue weighted by Crippen LogP contribution is 2.57. The number of ether oxygens (including phenoxy) is 1. The predicted molar refractivity (Wildman–Crippen MR) is 118 cm³/mol. The van der Waals surface area contributed by atoms with Crippen molar-refractivity contribution in [1.29, 1.82) is 0 Å². The molecule has 2 amide bonds. The molecule has 5 fully saturated rings. The molecule has 180 valence electrons. The van der Waals surface area contributed by atoms with Crippen LogP contribution >= 0.6 is 0 Å². The molecule has 33 heavy (non-hydrogen) atoms. The molecule has 9 heteroatoms. The molecular weight excluding hydrogens is 426 g/mol. The van der Waals surface area contributed by atoms with E-state index in [0.717, 1.165) is 19.3 Å². The normalized spacial score (nSPS) is 33.7. The number of carbonyl (C=O) groups excluding carboxylic acids is 2. The van der Waals surface area contributed by atoms with Crippen molar-refractivity contribution in [1.82, 2.24) is 15.1 Å². The molecule has 1 saturated heterocycles. The third-order valence-corrected chi connectivity index (χ3v) is 8.46. The van der Waals surface area contributed by atoms with E-state index in [1.807, 2.05) is 13.8 Å². The highest BCUT2D eigenvalue weighted by molar-refractivity contribution is 5.91. The van der Waals surface area contributed by atoms with E-state index >= 15 is 0 Å². The van der Waals surface area contributed by atoms with Crippen LogP contribution in [0.1, 0.15) is 56.5 Å². The van der Waals surface area contributed by atoms with E-state index in [0.29, 0.717) is 50.7 Å². The van der Waals surface area contributed by atoms with E-state index in [9.17, 15) is 19.5 Å². The van der Waals surface area contributed by atoms with Gasteiger partial charge in [0.15, 0.2) is 5.76 Å². The van der Waals surface area contributed by atoms with Gasteiger partial charge in [0.2, 0.25) is 5.91 Å². The minimum atomic E-state index is -1.19. The largest absolute Gasteiger partial charge is 0.506 e. The Kier molecular flexibility index (Phi) is 5.42. The molecule has 1 aliphatic heterocycles. The number of furan rings is 1. The van der Waals surface area contributed by atoms with Gasteiger partial charge in [0, 0.05) is 32.2 Å². The van der Waals surface area contributed by atoms with Gasteiger partial charge in [-0.3, -0.25) is 14.5 Å². The SMILES string of the molecule is CC(C)(C(=O)NC1C2CC3CC1CC(OC(=O)O)(C3)C2)N1CCN(C(=O)c2ccco2)CC1. The summed E-state index contributed by atoms with van der Waals surface area (Å²) in [5.41, 5.74) is -1.26. The van der Waals surface area contributed by atoms with Crippen LogP contribution in [0.4, 0.5) is 4.79 Å². The van der Waals surface area contributed by atoms with E-state index in [4.69, 9.17) is 9.15 Å². The van der Waals surface area contributed by atoms with Gasteiger partial charge in [0.25, 0.3) is 5.91 Å². The number of piperazine rings is 1. The maximum atomic E-state index is 13.4. The maximum absolute atomic E-state index is 13.4. The summed E-state index contributed by atoms with van der Waals surface area (Å²) in [6.45, 7) is 6.20. The van der Waals surface area contributed by atoms with E-state index in [1.165, 1.54) is 6.26 Å². The van der Waals surface area contributed by atoms with Crippen molar-refractivity contribution >= 4 is 18.0 Å². The summed E-state index contributed by atoms with van der Waals surface area (Å²) in [6, 6.07) is 3.44. The van der Waals surface area contributed by atoms with Crippen molar-refractivity contribution in [2.45, 2.75) is 63.1 Å². The topological polar surface area (TPSA) is 112 Å². The van der Waals surface area contributed by atoms with Crippen molar-refractivity contribution in [3.8, 4) is 0 Å². The number of nitrogens with one attached hydrogen (secondary N) is 1. The molecule has 2 unspecified atom stereocenters. The molecule has 1 aromatic heterocycles. The van der Waals surface area contributed by atoms with Crippen LogP contribution in [0.15, 0.2) is 22.8 Å². The lowest BCUT2D eigenvalue weighted by molar-refractivity contribution is -0.158. The quantitative estimate of drug-likeness (QED) is 0.651. The third-order valence-electron chi connectivity index (χ3n) is 8.46. The highest BCUT2D eigenvalue weighted by Gasteiger charge is 2.58. The van der Waals surface area contributed by atoms with Crippen molar-refractivity contribution < 1.29 is 28.6 Å². The summed E-state index contributed by atoms with van der Waals surface area (Å²) in [6.07, 6.45) is 4.58. The molecule has 6 rings (SSSR count). The van der Waals surface area contributed by atoms with E-state index in [-0.39, 0.29) is 29.7 Å². The lowest BCUT2D eigenvalue weighted by atomic mass is 9.52.